The Bertz CT molecular complexity index is 1480. The Kier molecular flexibility index (Phi) is 6.09. The highest BCUT2D eigenvalue weighted by Gasteiger charge is 2.17. The van der Waals surface area contributed by atoms with Gasteiger partial charge >= 0.3 is 0 Å². The standard InChI is InChI=1S/C23H18FN3O5S/c1-31-20-9-5-6-15-14-19(22(28)25-17-12-10-16(24)11-13-17)23(32-21(15)20)26-27-33(29,30)18-7-3-2-4-8-18/h2-14,27H,1H3,(H,25,28)/b26-23+. The van der Waals surface area contributed by atoms with Crippen LogP contribution >= 0.6 is 0 Å². The SMILES string of the molecule is COc1cccc2cc(C(=O)Nc3ccc(F)cc3)/c(=N\NS(=O)(=O)c3ccccc3)oc12. The molecule has 0 spiro atoms. The highest BCUT2D eigenvalue weighted by Crippen LogP contribution is 2.24. The summed E-state index contributed by atoms with van der Waals surface area (Å²) in [6.07, 6.45) is 0. The van der Waals surface area contributed by atoms with Gasteiger partial charge in [0.25, 0.3) is 15.9 Å². The fourth-order valence-corrected chi connectivity index (χ4v) is 3.84. The van der Waals surface area contributed by atoms with Gasteiger partial charge in [-0.1, -0.05) is 30.3 Å². The van der Waals surface area contributed by atoms with Crippen molar-refractivity contribution in [1.29, 1.82) is 0 Å². The number of fused-ring (bicyclic) bond motifs is 1. The van der Waals surface area contributed by atoms with Gasteiger partial charge in [-0.2, -0.15) is 13.2 Å². The molecule has 0 unspecified atom stereocenters. The molecule has 0 aliphatic heterocycles. The molecule has 1 amide bonds. The molecule has 3 aromatic carbocycles. The molecule has 0 aliphatic rings. The molecule has 4 rings (SSSR count). The van der Waals surface area contributed by atoms with Gasteiger partial charge in [-0.15, -0.1) is 5.10 Å². The number of ether oxygens (including phenoxy) is 1. The highest BCUT2D eigenvalue weighted by molar-refractivity contribution is 7.89. The van der Waals surface area contributed by atoms with Crippen LogP contribution in [0.5, 0.6) is 5.75 Å². The lowest BCUT2D eigenvalue weighted by atomic mass is 10.1. The third kappa shape index (κ3) is 4.85. The maximum atomic E-state index is 13.2. The van der Waals surface area contributed by atoms with Gasteiger partial charge in [0.15, 0.2) is 11.3 Å². The zero-order chi connectivity index (χ0) is 23.4. The number of hydrogen-bond donors (Lipinski definition) is 2. The number of nitrogens with zero attached hydrogens (tertiary/aromatic N) is 1. The summed E-state index contributed by atoms with van der Waals surface area (Å²) in [5.74, 6) is -0.708. The van der Waals surface area contributed by atoms with Crippen LogP contribution in [-0.4, -0.2) is 21.4 Å². The average Bonchev–Trinajstić information content (AvgIpc) is 2.83. The normalized spacial score (nSPS) is 11.9. The summed E-state index contributed by atoms with van der Waals surface area (Å²) in [7, 11) is -2.56. The molecule has 2 N–H and O–H groups in total. The molecule has 33 heavy (non-hydrogen) atoms. The van der Waals surface area contributed by atoms with Crippen molar-refractivity contribution in [2.75, 3.05) is 12.4 Å². The molecule has 0 bridgehead atoms. The number of para-hydroxylation sites is 1. The van der Waals surface area contributed by atoms with E-state index in [0.717, 1.165) is 0 Å². The summed E-state index contributed by atoms with van der Waals surface area (Å²) in [6.45, 7) is 0. The summed E-state index contributed by atoms with van der Waals surface area (Å²) in [5, 5.41) is 7.02. The summed E-state index contributed by atoms with van der Waals surface area (Å²) in [4.78, 5) is 15.1. The van der Waals surface area contributed by atoms with Crippen LogP contribution in [0.25, 0.3) is 11.0 Å². The molecule has 10 heteroatoms. The van der Waals surface area contributed by atoms with Crippen molar-refractivity contribution in [1.82, 2.24) is 4.83 Å². The van der Waals surface area contributed by atoms with Crippen LogP contribution in [0.3, 0.4) is 0 Å². The summed E-state index contributed by atoms with van der Waals surface area (Å²) in [6, 6.07) is 19.4. The van der Waals surface area contributed by atoms with E-state index in [1.807, 2.05) is 0 Å². The first-order valence-corrected chi connectivity index (χ1v) is 11.1. The van der Waals surface area contributed by atoms with Crippen molar-refractivity contribution in [2.45, 2.75) is 4.90 Å². The number of hydrogen-bond acceptors (Lipinski definition) is 6. The lowest BCUT2D eigenvalue weighted by Crippen LogP contribution is -2.27. The smallest absolute Gasteiger partial charge is 0.276 e. The Morgan fingerprint density at radius 3 is 2.42 bits per heavy atom. The van der Waals surface area contributed by atoms with E-state index >= 15 is 0 Å². The summed E-state index contributed by atoms with van der Waals surface area (Å²) in [5.41, 5.74) is 0.279. The first-order chi connectivity index (χ1) is 15.9. The number of carbonyl (C=O) groups is 1. The Morgan fingerprint density at radius 2 is 1.73 bits per heavy atom. The molecule has 0 atom stereocenters. The first-order valence-electron chi connectivity index (χ1n) is 9.66. The zero-order valence-electron chi connectivity index (χ0n) is 17.3. The van der Waals surface area contributed by atoms with Gasteiger partial charge in [-0.05, 0) is 48.5 Å². The quantitative estimate of drug-likeness (QED) is 0.421. The van der Waals surface area contributed by atoms with Gasteiger partial charge in [0.1, 0.15) is 11.4 Å². The summed E-state index contributed by atoms with van der Waals surface area (Å²) >= 11 is 0. The molecule has 8 nitrogen and oxygen atoms in total. The van der Waals surface area contributed by atoms with Gasteiger partial charge in [0.2, 0.25) is 5.55 Å². The van der Waals surface area contributed by atoms with E-state index in [4.69, 9.17) is 9.15 Å². The molecule has 0 radical (unpaired) electrons. The van der Waals surface area contributed by atoms with Crippen LogP contribution in [0.2, 0.25) is 0 Å². The van der Waals surface area contributed by atoms with Gasteiger partial charge in [-0.3, -0.25) is 4.79 Å². The van der Waals surface area contributed by atoms with Crippen molar-refractivity contribution in [3.05, 3.63) is 95.8 Å². The number of halogens is 1. The molecule has 0 fully saturated rings. The van der Waals surface area contributed by atoms with Crippen LogP contribution in [0.4, 0.5) is 10.1 Å². The fraction of sp³-hybridized carbons (Fsp3) is 0.0435. The second kappa shape index (κ2) is 9.13. The predicted octanol–water partition coefficient (Wildman–Crippen LogP) is 3.63. The van der Waals surface area contributed by atoms with Crippen LogP contribution in [0.15, 0.2) is 93.3 Å². The minimum atomic E-state index is -4.01. The number of benzene rings is 3. The largest absolute Gasteiger partial charge is 0.493 e. The van der Waals surface area contributed by atoms with Crippen molar-refractivity contribution < 1.29 is 26.8 Å². The number of rotatable bonds is 6. The van der Waals surface area contributed by atoms with E-state index < -0.39 is 21.7 Å². The molecule has 0 aliphatic carbocycles. The lowest BCUT2D eigenvalue weighted by molar-refractivity contribution is 0.102. The monoisotopic (exact) mass is 467 g/mol. The van der Waals surface area contributed by atoms with E-state index in [0.29, 0.717) is 16.8 Å². The topological polar surface area (TPSA) is 110 Å². The number of sulfonamides is 1. The van der Waals surface area contributed by atoms with Gasteiger partial charge < -0.3 is 14.5 Å². The fourth-order valence-electron chi connectivity index (χ4n) is 3.02. The van der Waals surface area contributed by atoms with Gasteiger partial charge in [0.05, 0.1) is 12.0 Å². The number of methoxy groups -OCH3 is 1. The van der Waals surface area contributed by atoms with Crippen LogP contribution in [-0.2, 0) is 10.0 Å². The number of anilines is 1. The van der Waals surface area contributed by atoms with E-state index in [9.17, 15) is 17.6 Å². The van der Waals surface area contributed by atoms with Crippen LogP contribution in [0, 0.1) is 5.82 Å². The lowest BCUT2D eigenvalue weighted by Gasteiger charge is -2.09. The molecular weight excluding hydrogens is 449 g/mol. The van der Waals surface area contributed by atoms with E-state index in [-0.39, 0.29) is 21.6 Å². The maximum absolute atomic E-state index is 13.2. The molecule has 168 valence electrons. The molecule has 0 saturated carbocycles. The van der Waals surface area contributed by atoms with Crippen LogP contribution in [0.1, 0.15) is 10.4 Å². The van der Waals surface area contributed by atoms with E-state index in [1.54, 1.807) is 36.4 Å². The Balaban J connectivity index is 1.80. The van der Waals surface area contributed by atoms with E-state index in [2.05, 4.69) is 15.2 Å². The Hall–Kier alpha value is -4.18. The molecular formula is C23H18FN3O5S. The second-order valence-corrected chi connectivity index (χ2v) is 8.49. The minimum absolute atomic E-state index is 0.00978. The first kappa shape index (κ1) is 22.0. The van der Waals surface area contributed by atoms with Crippen molar-refractivity contribution in [2.24, 2.45) is 5.10 Å². The molecule has 1 heterocycles. The number of nitrogens with one attached hydrogen (secondary N) is 2. The predicted molar refractivity (Wildman–Crippen MR) is 119 cm³/mol. The van der Waals surface area contributed by atoms with Gasteiger partial charge in [-0.25, -0.2) is 4.39 Å². The Morgan fingerprint density at radius 1 is 1.00 bits per heavy atom. The van der Waals surface area contributed by atoms with Gasteiger partial charge in [0, 0.05) is 11.1 Å². The second-order valence-electron chi connectivity index (χ2n) is 6.82. The van der Waals surface area contributed by atoms with Crippen molar-refractivity contribution in [3.63, 3.8) is 0 Å². The number of carbonyl (C=O) groups excluding carboxylic acids is 1. The van der Waals surface area contributed by atoms with Crippen LogP contribution < -0.4 is 20.4 Å². The summed E-state index contributed by atoms with van der Waals surface area (Å²) < 4.78 is 49.4. The van der Waals surface area contributed by atoms with Crippen molar-refractivity contribution in [3.8, 4) is 5.75 Å². The van der Waals surface area contributed by atoms with Crippen molar-refractivity contribution >= 4 is 32.6 Å². The molecule has 4 aromatic rings. The zero-order valence-corrected chi connectivity index (χ0v) is 18.1. The third-order valence-electron chi connectivity index (χ3n) is 4.63. The Labute approximate surface area is 188 Å². The number of amides is 1. The van der Waals surface area contributed by atoms with E-state index in [1.165, 1.54) is 49.6 Å². The molecule has 1 aromatic heterocycles. The third-order valence-corrected chi connectivity index (χ3v) is 5.85. The minimum Gasteiger partial charge on any atom is -0.493 e. The highest BCUT2D eigenvalue weighted by atomic mass is 32.2. The average molecular weight is 467 g/mol. The molecule has 0 saturated heterocycles. The maximum Gasteiger partial charge on any atom is 0.276 e.